The zero-order chi connectivity index (χ0) is 18.7. The first kappa shape index (κ1) is 18.0. The van der Waals surface area contributed by atoms with Gasteiger partial charge < -0.3 is 20.5 Å². The van der Waals surface area contributed by atoms with Gasteiger partial charge in [-0.05, 0) is 0 Å². The van der Waals surface area contributed by atoms with Gasteiger partial charge in [0.2, 0.25) is 0 Å². The van der Waals surface area contributed by atoms with Crippen LogP contribution < -0.4 is 20.5 Å². The molecule has 3 N–H and O–H groups in total. The lowest BCUT2D eigenvalue weighted by molar-refractivity contribution is 0.395. The van der Waals surface area contributed by atoms with Gasteiger partial charge in [-0.2, -0.15) is 0 Å². The molecular formula is C16H14Cl2N6O2. The van der Waals surface area contributed by atoms with E-state index in [1.54, 1.807) is 12.3 Å². The van der Waals surface area contributed by atoms with Crippen LogP contribution in [0.15, 0.2) is 31.1 Å². The number of nitrogens with two attached hydrogens (primary N) is 1. The van der Waals surface area contributed by atoms with Gasteiger partial charge in [0.25, 0.3) is 0 Å². The average Bonchev–Trinajstić information content (AvgIpc) is 2.66. The van der Waals surface area contributed by atoms with Crippen LogP contribution in [0, 0.1) is 0 Å². The Balaban J connectivity index is 2.13. The minimum absolute atomic E-state index is 0.276. The van der Waals surface area contributed by atoms with Gasteiger partial charge in [-0.15, -0.1) is 0 Å². The Kier molecular flexibility index (Phi) is 5.24. The van der Waals surface area contributed by atoms with Crippen molar-refractivity contribution < 1.29 is 9.47 Å². The van der Waals surface area contributed by atoms with Crippen LogP contribution in [0.3, 0.4) is 0 Å². The smallest absolute Gasteiger partial charge is 0.143 e. The molecule has 3 rings (SSSR count). The van der Waals surface area contributed by atoms with Crippen molar-refractivity contribution in [3.8, 4) is 22.8 Å². The van der Waals surface area contributed by atoms with Crippen molar-refractivity contribution >= 4 is 40.4 Å². The molecule has 2 heterocycles. The number of hydrogen-bond acceptors (Lipinski definition) is 8. The first-order valence-electron chi connectivity index (χ1n) is 7.29. The SMILES string of the molecule is COc1cc(OC)c(Cl)c(Nc2ncncc2-c2ncncc2N)c1Cl. The summed E-state index contributed by atoms with van der Waals surface area (Å²) >= 11 is 12.8. The van der Waals surface area contributed by atoms with E-state index < -0.39 is 0 Å². The Bertz CT molecular complexity index is 926. The number of nitrogen functional groups attached to an aromatic ring is 1. The summed E-state index contributed by atoms with van der Waals surface area (Å²) in [4.78, 5) is 16.4. The number of hydrogen-bond donors (Lipinski definition) is 2. The first-order valence-corrected chi connectivity index (χ1v) is 8.05. The molecule has 0 aliphatic carbocycles. The zero-order valence-corrected chi connectivity index (χ0v) is 15.3. The normalized spacial score (nSPS) is 10.5. The molecule has 10 heteroatoms. The number of nitrogens with one attached hydrogen (secondary N) is 1. The fourth-order valence-electron chi connectivity index (χ4n) is 2.28. The Morgan fingerprint density at radius 1 is 0.962 bits per heavy atom. The van der Waals surface area contributed by atoms with Crippen LogP contribution in [-0.4, -0.2) is 34.2 Å². The molecule has 2 aromatic heterocycles. The highest BCUT2D eigenvalue weighted by atomic mass is 35.5. The summed E-state index contributed by atoms with van der Waals surface area (Å²) in [5.41, 5.74) is 7.75. The third kappa shape index (κ3) is 3.29. The van der Waals surface area contributed by atoms with Crippen LogP contribution in [0.4, 0.5) is 17.2 Å². The minimum atomic E-state index is 0.276. The van der Waals surface area contributed by atoms with Gasteiger partial charge in [0.05, 0.1) is 37.4 Å². The van der Waals surface area contributed by atoms with Gasteiger partial charge in [0, 0.05) is 12.3 Å². The number of nitrogens with zero attached hydrogens (tertiary/aromatic N) is 4. The van der Waals surface area contributed by atoms with Crippen molar-refractivity contribution in [3.05, 3.63) is 41.2 Å². The van der Waals surface area contributed by atoms with Crippen LogP contribution >= 0.6 is 23.2 Å². The van der Waals surface area contributed by atoms with Crippen LogP contribution in [-0.2, 0) is 0 Å². The molecule has 26 heavy (non-hydrogen) atoms. The molecule has 0 unspecified atom stereocenters. The van der Waals surface area contributed by atoms with E-state index in [1.807, 2.05) is 0 Å². The largest absolute Gasteiger partial charge is 0.495 e. The third-order valence-corrected chi connectivity index (χ3v) is 4.28. The van der Waals surface area contributed by atoms with E-state index in [4.69, 9.17) is 38.4 Å². The molecule has 0 amide bonds. The summed E-state index contributed by atoms with van der Waals surface area (Å²) in [5.74, 6) is 1.20. The maximum atomic E-state index is 6.40. The Labute approximate surface area is 159 Å². The molecule has 0 bridgehead atoms. The molecule has 0 radical (unpaired) electrons. The average molecular weight is 393 g/mol. The van der Waals surface area contributed by atoms with E-state index in [2.05, 4.69) is 25.3 Å². The monoisotopic (exact) mass is 392 g/mol. The summed E-state index contributed by atoms with van der Waals surface area (Å²) in [6.07, 6.45) is 5.83. The second-order valence-electron chi connectivity index (χ2n) is 5.02. The van der Waals surface area contributed by atoms with Crippen molar-refractivity contribution in [1.29, 1.82) is 0 Å². The van der Waals surface area contributed by atoms with Crippen molar-refractivity contribution in [2.24, 2.45) is 0 Å². The standard InChI is InChI=1S/C16H14Cl2N6O2/c1-25-10-3-11(26-2)13(18)15(12(10)17)24-16-8(4-20-7-23-16)14-9(19)5-21-6-22-14/h3-7H,19H2,1-2H3,(H,20,23,24). The third-order valence-electron chi connectivity index (χ3n) is 3.52. The lowest BCUT2D eigenvalue weighted by Crippen LogP contribution is -2.03. The number of methoxy groups -OCH3 is 2. The van der Waals surface area contributed by atoms with Gasteiger partial charge >= 0.3 is 0 Å². The fourth-order valence-corrected chi connectivity index (χ4v) is 2.88. The van der Waals surface area contributed by atoms with Crippen molar-refractivity contribution in [2.45, 2.75) is 0 Å². The van der Waals surface area contributed by atoms with Gasteiger partial charge in [-0.1, -0.05) is 23.2 Å². The van der Waals surface area contributed by atoms with Gasteiger partial charge in [0.15, 0.2) is 0 Å². The highest BCUT2D eigenvalue weighted by Crippen LogP contribution is 2.45. The van der Waals surface area contributed by atoms with E-state index in [9.17, 15) is 0 Å². The fraction of sp³-hybridized carbons (Fsp3) is 0.125. The van der Waals surface area contributed by atoms with Crippen LogP contribution in [0.25, 0.3) is 11.3 Å². The Morgan fingerprint density at radius 2 is 1.58 bits per heavy atom. The number of halogens is 2. The summed E-state index contributed by atoms with van der Waals surface area (Å²) in [6.45, 7) is 0. The Morgan fingerprint density at radius 3 is 2.19 bits per heavy atom. The predicted molar refractivity (Wildman–Crippen MR) is 100 cm³/mol. The summed E-state index contributed by atoms with van der Waals surface area (Å²) in [7, 11) is 2.99. The number of benzene rings is 1. The van der Waals surface area contributed by atoms with E-state index in [0.29, 0.717) is 39.9 Å². The summed E-state index contributed by atoms with van der Waals surface area (Å²) < 4.78 is 10.5. The Hall–Kier alpha value is -2.84. The van der Waals surface area contributed by atoms with Crippen molar-refractivity contribution in [3.63, 3.8) is 0 Å². The number of aromatic nitrogens is 4. The van der Waals surface area contributed by atoms with E-state index in [-0.39, 0.29) is 10.0 Å². The minimum Gasteiger partial charge on any atom is -0.495 e. The first-order chi connectivity index (χ1) is 12.6. The summed E-state index contributed by atoms with van der Waals surface area (Å²) in [6, 6.07) is 1.60. The topological polar surface area (TPSA) is 108 Å². The summed E-state index contributed by atoms with van der Waals surface area (Å²) in [5, 5.41) is 3.65. The van der Waals surface area contributed by atoms with Gasteiger partial charge in [-0.25, -0.2) is 19.9 Å². The van der Waals surface area contributed by atoms with Crippen LogP contribution in [0.1, 0.15) is 0 Å². The molecule has 134 valence electrons. The molecule has 0 fully saturated rings. The molecule has 0 aliphatic rings. The highest BCUT2D eigenvalue weighted by molar-refractivity contribution is 6.41. The van der Waals surface area contributed by atoms with E-state index in [1.165, 1.54) is 33.1 Å². The maximum Gasteiger partial charge on any atom is 0.143 e. The molecule has 3 aromatic rings. The lowest BCUT2D eigenvalue weighted by Gasteiger charge is -2.17. The number of anilines is 3. The second kappa shape index (κ2) is 7.59. The van der Waals surface area contributed by atoms with Crippen molar-refractivity contribution in [2.75, 3.05) is 25.3 Å². The van der Waals surface area contributed by atoms with Gasteiger partial charge in [-0.3, -0.25) is 0 Å². The van der Waals surface area contributed by atoms with Crippen molar-refractivity contribution in [1.82, 2.24) is 19.9 Å². The van der Waals surface area contributed by atoms with Crippen LogP contribution in [0.5, 0.6) is 11.5 Å². The second-order valence-corrected chi connectivity index (χ2v) is 5.78. The molecule has 0 aliphatic heterocycles. The molecule has 0 saturated heterocycles. The molecule has 1 aromatic carbocycles. The molecule has 0 atom stereocenters. The van der Waals surface area contributed by atoms with Gasteiger partial charge in [0.1, 0.15) is 45.7 Å². The van der Waals surface area contributed by atoms with E-state index >= 15 is 0 Å². The molecular weight excluding hydrogens is 379 g/mol. The predicted octanol–water partition coefficient (Wildman–Crippen LogP) is 3.58. The molecule has 0 saturated carbocycles. The lowest BCUT2D eigenvalue weighted by atomic mass is 10.2. The number of ether oxygens (including phenoxy) is 2. The molecule has 0 spiro atoms. The maximum absolute atomic E-state index is 6.40. The zero-order valence-electron chi connectivity index (χ0n) is 13.8. The quantitative estimate of drug-likeness (QED) is 0.677. The molecule has 8 nitrogen and oxygen atoms in total. The highest BCUT2D eigenvalue weighted by Gasteiger charge is 2.20. The number of rotatable bonds is 5. The van der Waals surface area contributed by atoms with Crippen LogP contribution in [0.2, 0.25) is 10.0 Å². The van der Waals surface area contributed by atoms with E-state index in [0.717, 1.165) is 0 Å².